The van der Waals surface area contributed by atoms with Gasteiger partial charge in [-0.15, -0.1) is 0 Å². The van der Waals surface area contributed by atoms with Crippen LogP contribution in [0.25, 0.3) is 0 Å². The second-order valence-corrected chi connectivity index (χ2v) is 7.67. The van der Waals surface area contributed by atoms with Gasteiger partial charge < -0.3 is 20.4 Å². The molecule has 0 radical (unpaired) electrons. The molecule has 2 aromatic rings. The Balaban J connectivity index is 1.54. The van der Waals surface area contributed by atoms with Gasteiger partial charge in [0.05, 0.1) is 12.6 Å². The fraction of sp³-hybridized carbons (Fsp3) is 0.348. The van der Waals surface area contributed by atoms with E-state index in [4.69, 9.17) is 0 Å². The molecule has 3 amide bonds. The third kappa shape index (κ3) is 5.67. The summed E-state index contributed by atoms with van der Waals surface area (Å²) in [6.45, 7) is 1.25. The van der Waals surface area contributed by atoms with Gasteiger partial charge in [0.15, 0.2) is 0 Å². The molecule has 3 rings (SSSR count). The van der Waals surface area contributed by atoms with E-state index in [0.29, 0.717) is 25.1 Å². The van der Waals surface area contributed by atoms with Crippen molar-refractivity contribution in [3.8, 4) is 0 Å². The Morgan fingerprint density at radius 3 is 2.37 bits per heavy atom. The average molecular weight is 409 g/mol. The minimum atomic E-state index is -0.326. The molecule has 7 nitrogen and oxygen atoms in total. The molecular formula is C23H28N4O3. The van der Waals surface area contributed by atoms with E-state index in [1.165, 1.54) is 0 Å². The van der Waals surface area contributed by atoms with Crippen LogP contribution in [0.3, 0.4) is 0 Å². The van der Waals surface area contributed by atoms with Crippen LogP contribution in [-0.4, -0.2) is 56.4 Å². The zero-order valence-corrected chi connectivity index (χ0v) is 17.4. The Morgan fingerprint density at radius 1 is 1.07 bits per heavy atom. The molecule has 1 saturated heterocycles. The summed E-state index contributed by atoms with van der Waals surface area (Å²) in [5, 5.41) is 5.64. The van der Waals surface area contributed by atoms with E-state index in [1.807, 2.05) is 49.3 Å². The second-order valence-electron chi connectivity index (χ2n) is 7.67. The molecule has 0 aliphatic carbocycles. The van der Waals surface area contributed by atoms with Crippen LogP contribution in [-0.2, 0) is 9.59 Å². The van der Waals surface area contributed by atoms with Gasteiger partial charge in [0.1, 0.15) is 0 Å². The van der Waals surface area contributed by atoms with Crippen molar-refractivity contribution in [1.29, 1.82) is 0 Å². The summed E-state index contributed by atoms with van der Waals surface area (Å²) in [6, 6.07) is 16.5. The lowest BCUT2D eigenvalue weighted by Crippen LogP contribution is -2.41. The maximum Gasteiger partial charge on any atom is 0.251 e. The Kier molecular flexibility index (Phi) is 7.19. The van der Waals surface area contributed by atoms with E-state index in [2.05, 4.69) is 10.6 Å². The summed E-state index contributed by atoms with van der Waals surface area (Å²) in [6.07, 6.45) is 1.42. The summed E-state index contributed by atoms with van der Waals surface area (Å²) in [7, 11) is 3.90. The molecule has 0 bridgehead atoms. The van der Waals surface area contributed by atoms with E-state index in [0.717, 1.165) is 17.7 Å². The molecular weight excluding hydrogens is 380 g/mol. The number of rotatable bonds is 8. The first-order valence-electron chi connectivity index (χ1n) is 10.1. The lowest BCUT2D eigenvalue weighted by molar-refractivity contribution is -0.121. The zero-order chi connectivity index (χ0) is 21.5. The van der Waals surface area contributed by atoms with Gasteiger partial charge in [0.2, 0.25) is 11.8 Å². The van der Waals surface area contributed by atoms with E-state index < -0.39 is 0 Å². The molecule has 1 fully saturated rings. The molecule has 0 spiro atoms. The number of carbonyl (C=O) groups excluding carboxylic acids is 3. The molecule has 1 heterocycles. The number of nitrogens with one attached hydrogen (secondary N) is 2. The number of amides is 3. The van der Waals surface area contributed by atoms with Crippen LogP contribution in [0, 0.1) is 0 Å². The van der Waals surface area contributed by atoms with Gasteiger partial charge in [-0.2, -0.15) is 0 Å². The number of nitrogens with zero attached hydrogens (tertiary/aromatic N) is 2. The largest absolute Gasteiger partial charge is 0.346 e. The highest BCUT2D eigenvalue weighted by atomic mass is 16.2. The molecule has 2 aromatic carbocycles. The minimum Gasteiger partial charge on any atom is -0.346 e. The SMILES string of the molecule is CN(C)C[C@H](NC(=O)CNC(=O)c1ccc(N2CCCC2=O)cc1)c1ccccc1. The van der Waals surface area contributed by atoms with E-state index in [-0.39, 0.29) is 30.3 Å². The van der Waals surface area contributed by atoms with Gasteiger partial charge in [0, 0.05) is 30.8 Å². The molecule has 0 unspecified atom stereocenters. The molecule has 0 saturated carbocycles. The van der Waals surface area contributed by atoms with Crippen LogP contribution in [0.1, 0.15) is 34.8 Å². The normalized spacial score (nSPS) is 14.6. The lowest BCUT2D eigenvalue weighted by atomic mass is 10.1. The van der Waals surface area contributed by atoms with Gasteiger partial charge >= 0.3 is 0 Å². The number of carbonyl (C=O) groups is 3. The van der Waals surface area contributed by atoms with Gasteiger partial charge in [-0.3, -0.25) is 14.4 Å². The van der Waals surface area contributed by atoms with Gasteiger partial charge in [-0.25, -0.2) is 0 Å². The number of anilines is 1. The topological polar surface area (TPSA) is 81.8 Å². The van der Waals surface area contributed by atoms with Crippen LogP contribution in [0.4, 0.5) is 5.69 Å². The standard InChI is InChI=1S/C23H28N4O3/c1-26(2)16-20(17-7-4-3-5-8-17)25-21(28)15-24-23(30)18-10-12-19(13-11-18)27-14-6-9-22(27)29/h3-5,7-8,10-13,20H,6,9,14-16H2,1-2H3,(H,24,30)(H,25,28)/t20-/m0/s1. The van der Waals surface area contributed by atoms with Gasteiger partial charge in [-0.1, -0.05) is 30.3 Å². The van der Waals surface area contributed by atoms with E-state index in [9.17, 15) is 14.4 Å². The first kappa shape index (κ1) is 21.5. The minimum absolute atomic E-state index is 0.106. The summed E-state index contributed by atoms with van der Waals surface area (Å²) < 4.78 is 0. The second kappa shape index (κ2) is 10.0. The molecule has 30 heavy (non-hydrogen) atoms. The number of benzene rings is 2. The van der Waals surface area contributed by atoms with Gasteiger partial charge in [0.25, 0.3) is 5.91 Å². The Morgan fingerprint density at radius 2 is 1.77 bits per heavy atom. The molecule has 158 valence electrons. The lowest BCUT2D eigenvalue weighted by Gasteiger charge is -2.23. The molecule has 1 aliphatic rings. The van der Waals surface area contributed by atoms with Crippen LogP contribution in [0.15, 0.2) is 54.6 Å². The van der Waals surface area contributed by atoms with Crippen LogP contribution >= 0.6 is 0 Å². The van der Waals surface area contributed by atoms with Crippen molar-refractivity contribution in [2.24, 2.45) is 0 Å². The molecule has 1 aliphatic heterocycles. The summed E-state index contributed by atoms with van der Waals surface area (Å²) >= 11 is 0. The van der Waals surface area contributed by atoms with Crippen molar-refractivity contribution in [2.75, 3.05) is 38.6 Å². The van der Waals surface area contributed by atoms with E-state index in [1.54, 1.807) is 29.2 Å². The fourth-order valence-electron chi connectivity index (χ4n) is 3.51. The predicted molar refractivity (Wildman–Crippen MR) is 116 cm³/mol. The average Bonchev–Trinajstić information content (AvgIpc) is 3.18. The van der Waals surface area contributed by atoms with Crippen molar-refractivity contribution >= 4 is 23.4 Å². The maximum atomic E-state index is 12.4. The Hall–Kier alpha value is -3.19. The summed E-state index contributed by atoms with van der Waals surface area (Å²) in [5.41, 5.74) is 2.25. The number of hydrogen-bond donors (Lipinski definition) is 2. The van der Waals surface area contributed by atoms with Crippen molar-refractivity contribution in [2.45, 2.75) is 18.9 Å². The van der Waals surface area contributed by atoms with Crippen molar-refractivity contribution in [3.05, 3.63) is 65.7 Å². The Labute approximate surface area is 177 Å². The number of likely N-dealkylation sites (N-methyl/N-ethyl adjacent to an activating group) is 1. The third-order valence-corrected chi connectivity index (χ3v) is 5.01. The van der Waals surface area contributed by atoms with Crippen molar-refractivity contribution in [3.63, 3.8) is 0 Å². The van der Waals surface area contributed by atoms with Crippen molar-refractivity contribution in [1.82, 2.24) is 15.5 Å². The summed E-state index contributed by atoms with van der Waals surface area (Å²) in [4.78, 5) is 40.4. The quantitative estimate of drug-likeness (QED) is 0.700. The molecule has 1 atom stereocenters. The van der Waals surface area contributed by atoms with Gasteiger partial charge in [-0.05, 0) is 50.3 Å². The first-order chi connectivity index (χ1) is 14.4. The smallest absolute Gasteiger partial charge is 0.251 e. The van der Waals surface area contributed by atoms with Crippen LogP contribution in [0.2, 0.25) is 0 Å². The monoisotopic (exact) mass is 408 g/mol. The highest BCUT2D eigenvalue weighted by molar-refractivity contribution is 5.98. The number of hydrogen-bond acceptors (Lipinski definition) is 4. The molecule has 7 heteroatoms. The van der Waals surface area contributed by atoms with Crippen molar-refractivity contribution < 1.29 is 14.4 Å². The zero-order valence-electron chi connectivity index (χ0n) is 17.4. The van der Waals surface area contributed by atoms with Crippen LogP contribution in [0.5, 0.6) is 0 Å². The highest BCUT2D eigenvalue weighted by Crippen LogP contribution is 2.21. The first-order valence-corrected chi connectivity index (χ1v) is 10.1. The van der Waals surface area contributed by atoms with Crippen LogP contribution < -0.4 is 15.5 Å². The third-order valence-electron chi connectivity index (χ3n) is 5.01. The Bertz CT molecular complexity index is 881. The predicted octanol–water partition coefficient (Wildman–Crippen LogP) is 1.96. The summed E-state index contributed by atoms with van der Waals surface area (Å²) in [5.74, 6) is -0.471. The highest BCUT2D eigenvalue weighted by Gasteiger charge is 2.22. The fourth-order valence-corrected chi connectivity index (χ4v) is 3.51. The molecule has 2 N–H and O–H groups in total. The maximum absolute atomic E-state index is 12.4. The molecule has 0 aromatic heterocycles. The van der Waals surface area contributed by atoms with E-state index >= 15 is 0 Å².